The van der Waals surface area contributed by atoms with Crippen LogP contribution >= 0.6 is 23.5 Å². The van der Waals surface area contributed by atoms with Crippen molar-refractivity contribution in [2.75, 3.05) is 0 Å². The van der Waals surface area contributed by atoms with E-state index in [0.717, 1.165) is 26.0 Å². The largest absolute Gasteiger partial charge is 0.447 e. The number of pyridine rings is 1. The van der Waals surface area contributed by atoms with E-state index in [4.69, 9.17) is 4.42 Å². The smallest absolute Gasteiger partial charge is 0.181 e. The second-order valence-corrected chi connectivity index (χ2v) is 7.03. The van der Waals surface area contributed by atoms with Crippen LogP contribution in [0.5, 0.6) is 0 Å². The van der Waals surface area contributed by atoms with Gasteiger partial charge in [-0.25, -0.2) is 0 Å². The molecule has 0 unspecified atom stereocenters. The number of hydrogen-bond acceptors (Lipinski definition) is 4. The van der Waals surface area contributed by atoms with E-state index in [1.54, 1.807) is 23.5 Å². The quantitative estimate of drug-likeness (QED) is 0.448. The summed E-state index contributed by atoms with van der Waals surface area (Å²) in [5, 5.41) is 0.888. The first-order valence-corrected chi connectivity index (χ1v) is 8.87. The van der Waals surface area contributed by atoms with Gasteiger partial charge in [0.2, 0.25) is 0 Å². The molecule has 0 saturated carbocycles. The number of rotatable bonds is 4. The Morgan fingerprint density at radius 1 is 0.696 bits per heavy atom. The number of fused-ring (bicyclic) bond motifs is 1. The molecule has 0 amide bonds. The number of benzene rings is 2. The Hall–Kier alpha value is -2.17. The maximum Gasteiger partial charge on any atom is 0.181 e. The molecule has 0 fully saturated rings. The van der Waals surface area contributed by atoms with E-state index in [1.807, 2.05) is 54.7 Å². The van der Waals surface area contributed by atoms with Gasteiger partial charge in [-0.05, 0) is 36.4 Å². The number of furan rings is 1. The lowest BCUT2D eigenvalue weighted by Gasteiger charge is -2.03. The van der Waals surface area contributed by atoms with E-state index in [1.165, 1.54) is 4.90 Å². The normalized spacial score (nSPS) is 11.0. The molecule has 0 bridgehead atoms. The molecule has 2 nitrogen and oxygen atoms in total. The Labute approximate surface area is 142 Å². The van der Waals surface area contributed by atoms with Crippen LogP contribution in [0.2, 0.25) is 0 Å². The Morgan fingerprint density at radius 2 is 1.35 bits per heavy atom. The van der Waals surface area contributed by atoms with Gasteiger partial charge in [-0.2, -0.15) is 0 Å². The highest BCUT2D eigenvalue weighted by Gasteiger charge is 2.17. The lowest BCUT2D eigenvalue weighted by molar-refractivity contribution is 0.500. The predicted molar refractivity (Wildman–Crippen MR) is 95.1 cm³/mol. The van der Waals surface area contributed by atoms with Crippen molar-refractivity contribution < 1.29 is 4.42 Å². The van der Waals surface area contributed by atoms with Gasteiger partial charge in [0.25, 0.3) is 0 Å². The van der Waals surface area contributed by atoms with Gasteiger partial charge in [0, 0.05) is 16.0 Å². The minimum atomic E-state index is 0.823. The Balaban J connectivity index is 1.78. The van der Waals surface area contributed by atoms with Crippen LogP contribution in [0, 0.1) is 0 Å². The molecule has 0 aliphatic rings. The third-order valence-electron chi connectivity index (χ3n) is 3.29. The highest BCUT2D eigenvalue weighted by atomic mass is 32.2. The molecule has 23 heavy (non-hydrogen) atoms. The molecule has 0 aliphatic heterocycles. The first-order chi connectivity index (χ1) is 11.4. The second kappa shape index (κ2) is 6.52. The second-order valence-electron chi connectivity index (χ2n) is 4.90. The van der Waals surface area contributed by atoms with Crippen LogP contribution in [-0.4, -0.2) is 4.98 Å². The summed E-state index contributed by atoms with van der Waals surface area (Å²) in [5.41, 5.74) is 1.74. The van der Waals surface area contributed by atoms with Crippen molar-refractivity contribution in [2.45, 2.75) is 19.8 Å². The van der Waals surface area contributed by atoms with Gasteiger partial charge in [-0.15, -0.1) is 0 Å². The summed E-state index contributed by atoms with van der Waals surface area (Å²) in [5.74, 6) is 0. The molecular formula is C19H13NOS2. The summed E-state index contributed by atoms with van der Waals surface area (Å²) in [4.78, 5) is 7.91. The number of aromatic nitrogens is 1. The van der Waals surface area contributed by atoms with Crippen molar-refractivity contribution in [3.05, 3.63) is 79.0 Å². The molecule has 0 aliphatic carbocycles. The zero-order chi connectivity index (χ0) is 15.5. The first-order valence-electron chi connectivity index (χ1n) is 7.23. The van der Waals surface area contributed by atoms with Crippen molar-refractivity contribution in [3.63, 3.8) is 0 Å². The Morgan fingerprint density at radius 3 is 2.04 bits per heavy atom. The van der Waals surface area contributed by atoms with Gasteiger partial charge in [0.1, 0.15) is 5.52 Å². The number of hydrogen-bond donors (Lipinski definition) is 0. The van der Waals surface area contributed by atoms with Crippen LogP contribution in [0.1, 0.15) is 0 Å². The Kier molecular flexibility index (Phi) is 4.09. The first kappa shape index (κ1) is 14.4. The Bertz CT molecular complexity index is 920. The van der Waals surface area contributed by atoms with E-state index in [9.17, 15) is 0 Å². The summed E-state index contributed by atoms with van der Waals surface area (Å²) in [6.45, 7) is 0. The van der Waals surface area contributed by atoms with Crippen LogP contribution in [0.4, 0.5) is 0 Å². The summed E-state index contributed by atoms with van der Waals surface area (Å²) in [6, 6.07) is 24.4. The summed E-state index contributed by atoms with van der Waals surface area (Å²) in [6.07, 6.45) is 1.81. The maximum absolute atomic E-state index is 6.05. The molecule has 0 radical (unpaired) electrons. The fourth-order valence-corrected chi connectivity index (χ4v) is 4.23. The highest BCUT2D eigenvalue weighted by Crippen LogP contribution is 2.44. The molecule has 2 aromatic heterocycles. The highest BCUT2D eigenvalue weighted by molar-refractivity contribution is 8.02. The molecule has 2 aromatic carbocycles. The van der Waals surface area contributed by atoms with Gasteiger partial charge in [0.05, 0.1) is 4.90 Å². The van der Waals surface area contributed by atoms with Crippen molar-refractivity contribution in [3.8, 4) is 0 Å². The molecule has 4 aromatic rings. The van der Waals surface area contributed by atoms with E-state index >= 15 is 0 Å². The minimum absolute atomic E-state index is 0.823. The standard InChI is InChI=1S/C19H13NOS2/c1-3-8-14(9-4-1)22-18-17-16(12-7-13-20-17)21-19(18)23-15-10-5-2-6-11-15/h1-13H. The molecule has 112 valence electrons. The van der Waals surface area contributed by atoms with E-state index in [2.05, 4.69) is 29.2 Å². The zero-order valence-corrected chi connectivity index (χ0v) is 13.8. The van der Waals surface area contributed by atoms with Gasteiger partial charge in [-0.1, -0.05) is 59.9 Å². The summed E-state index contributed by atoms with van der Waals surface area (Å²) >= 11 is 3.32. The van der Waals surface area contributed by atoms with Gasteiger partial charge >= 0.3 is 0 Å². The van der Waals surface area contributed by atoms with E-state index in [-0.39, 0.29) is 0 Å². The average Bonchev–Trinajstić information content (AvgIpc) is 2.94. The third-order valence-corrected chi connectivity index (χ3v) is 5.49. The molecule has 0 atom stereocenters. The van der Waals surface area contributed by atoms with Crippen LogP contribution in [-0.2, 0) is 0 Å². The molecule has 4 heteroatoms. The molecular weight excluding hydrogens is 322 g/mol. The maximum atomic E-state index is 6.05. The topological polar surface area (TPSA) is 26.0 Å². The molecule has 0 spiro atoms. The fourth-order valence-electron chi connectivity index (χ4n) is 2.25. The fraction of sp³-hybridized carbons (Fsp3) is 0. The van der Waals surface area contributed by atoms with Crippen LogP contribution < -0.4 is 0 Å². The van der Waals surface area contributed by atoms with E-state index < -0.39 is 0 Å². The molecule has 0 saturated heterocycles. The molecule has 0 N–H and O–H groups in total. The van der Waals surface area contributed by atoms with Crippen LogP contribution in [0.25, 0.3) is 11.1 Å². The lowest BCUT2D eigenvalue weighted by Crippen LogP contribution is -1.77. The van der Waals surface area contributed by atoms with Gasteiger partial charge in [-0.3, -0.25) is 4.98 Å². The van der Waals surface area contributed by atoms with Crippen LogP contribution in [0.3, 0.4) is 0 Å². The van der Waals surface area contributed by atoms with Crippen molar-refractivity contribution in [1.29, 1.82) is 0 Å². The van der Waals surface area contributed by atoms with Crippen molar-refractivity contribution in [1.82, 2.24) is 4.98 Å². The summed E-state index contributed by atoms with van der Waals surface area (Å²) < 4.78 is 6.05. The third kappa shape index (κ3) is 3.14. The zero-order valence-electron chi connectivity index (χ0n) is 12.2. The van der Waals surface area contributed by atoms with Crippen LogP contribution in [0.15, 0.2) is 103 Å². The average molecular weight is 335 g/mol. The molecule has 4 rings (SSSR count). The monoisotopic (exact) mass is 335 g/mol. The van der Waals surface area contributed by atoms with Crippen molar-refractivity contribution >= 4 is 34.6 Å². The predicted octanol–water partition coefficient (Wildman–Crippen LogP) is 6.13. The van der Waals surface area contributed by atoms with E-state index in [0.29, 0.717) is 0 Å². The summed E-state index contributed by atoms with van der Waals surface area (Å²) in [7, 11) is 0. The van der Waals surface area contributed by atoms with Gasteiger partial charge in [0.15, 0.2) is 10.7 Å². The lowest BCUT2D eigenvalue weighted by atomic mass is 10.4. The minimum Gasteiger partial charge on any atom is -0.447 e. The van der Waals surface area contributed by atoms with Gasteiger partial charge < -0.3 is 4.42 Å². The molecule has 2 heterocycles. The van der Waals surface area contributed by atoms with Crippen molar-refractivity contribution in [2.24, 2.45) is 0 Å². The SMILES string of the molecule is c1ccc(Sc2oc3cccnc3c2Sc2ccccc2)cc1. The number of nitrogens with zero attached hydrogens (tertiary/aromatic N) is 1.